The first-order valence-corrected chi connectivity index (χ1v) is 6.19. The molecule has 0 fully saturated rings. The number of anilines is 1. The Morgan fingerprint density at radius 2 is 1.75 bits per heavy atom. The Labute approximate surface area is 125 Å². The summed E-state index contributed by atoms with van der Waals surface area (Å²) in [5, 5.41) is 5.21. The van der Waals surface area contributed by atoms with Gasteiger partial charge in [0.15, 0.2) is 0 Å². The van der Waals surface area contributed by atoms with E-state index < -0.39 is 6.04 Å². The molecule has 1 aromatic rings. The minimum Gasteiger partial charge on any atom is -0.346 e. The first-order chi connectivity index (χ1) is 8.80. The quantitative estimate of drug-likeness (QED) is 0.788. The van der Waals surface area contributed by atoms with Crippen LogP contribution in [0.4, 0.5) is 5.69 Å². The summed E-state index contributed by atoms with van der Waals surface area (Å²) in [5.41, 5.74) is 6.15. The maximum absolute atomic E-state index is 11.7. The van der Waals surface area contributed by atoms with Crippen molar-refractivity contribution in [3.8, 4) is 0 Å². The molecule has 0 heterocycles. The van der Waals surface area contributed by atoms with Gasteiger partial charge in [-0.2, -0.15) is 0 Å². The third kappa shape index (κ3) is 6.04. The van der Waals surface area contributed by atoms with Crippen molar-refractivity contribution in [2.75, 3.05) is 11.9 Å². The smallest absolute Gasteiger partial charge is 0.243 e. The zero-order valence-corrected chi connectivity index (χ0v) is 12.8. The summed E-state index contributed by atoms with van der Waals surface area (Å²) in [5.74, 6) is -0.601. The lowest BCUT2D eigenvalue weighted by molar-refractivity contribution is -0.126. The van der Waals surface area contributed by atoms with Crippen LogP contribution in [0.3, 0.4) is 0 Å². The van der Waals surface area contributed by atoms with Crippen LogP contribution in [0, 0.1) is 5.41 Å². The number of hydrogen-bond donors (Lipinski definition) is 3. The number of halogens is 1. The number of amides is 2. The summed E-state index contributed by atoms with van der Waals surface area (Å²) in [6.45, 7) is 5.54. The summed E-state index contributed by atoms with van der Waals surface area (Å²) in [6, 6.07) is 8.42. The van der Waals surface area contributed by atoms with Crippen LogP contribution < -0.4 is 16.4 Å². The zero-order chi connectivity index (χ0) is 14.5. The molecule has 112 valence electrons. The van der Waals surface area contributed by atoms with Crippen molar-refractivity contribution in [2.45, 2.75) is 26.8 Å². The summed E-state index contributed by atoms with van der Waals surface area (Å²) >= 11 is 0. The fraction of sp³-hybridized carbons (Fsp3) is 0.429. The maximum Gasteiger partial charge on any atom is 0.243 e. The first-order valence-electron chi connectivity index (χ1n) is 6.19. The Bertz CT molecular complexity index is 443. The van der Waals surface area contributed by atoms with Gasteiger partial charge in [-0.3, -0.25) is 9.59 Å². The standard InChI is InChI=1S/C14H21N3O2.ClH/c1-14(2,3)12(15)13(19)16-9-11(18)17-10-7-5-4-6-8-10;/h4-8,12H,9,15H2,1-3H3,(H,16,19)(H,17,18);1H/t12-;/m1./s1. The Balaban J connectivity index is 0.00000361. The second-order valence-electron chi connectivity index (χ2n) is 5.48. The molecule has 0 bridgehead atoms. The lowest BCUT2D eigenvalue weighted by atomic mass is 9.87. The molecule has 0 radical (unpaired) electrons. The lowest BCUT2D eigenvalue weighted by Crippen LogP contribution is -2.50. The van der Waals surface area contributed by atoms with E-state index in [0.717, 1.165) is 0 Å². The van der Waals surface area contributed by atoms with Crippen molar-refractivity contribution in [3.63, 3.8) is 0 Å². The molecule has 20 heavy (non-hydrogen) atoms. The number of carbonyl (C=O) groups excluding carboxylic acids is 2. The van der Waals surface area contributed by atoms with Crippen molar-refractivity contribution in [1.29, 1.82) is 0 Å². The predicted molar refractivity (Wildman–Crippen MR) is 82.8 cm³/mol. The average Bonchev–Trinajstić information content (AvgIpc) is 2.35. The predicted octanol–water partition coefficient (Wildman–Crippen LogP) is 1.54. The number of rotatable bonds is 4. The number of carbonyl (C=O) groups is 2. The SMILES string of the molecule is CC(C)(C)[C@H](N)C(=O)NCC(=O)Nc1ccccc1.Cl. The van der Waals surface area contributed by atoms with Gasteiger partial charge in [-0.25, -0.2) is 0 Å². The van der Waals surface area contributed by atoms with Crippen molar-refractivity contribution in [2.24, 2.45) is 11.1 Å². The van der Waals surface area contributed by atoms with Crippen LogP contribution in [-0.4, -0.2) is 24.4 Å². The molecule has 1 atom stereocenters. The summed E-state index contributed by atoms with van der Waals surface area (Å²) in [4.78, 5) is 23.4. The Hall–Kier alpha value is -1.59. The molecule has 0 aromatic heterocycles. The van der Waals surface area contributed by atoms with Gasteiger partial charge in [0, 0.05) is 5.69 Å². The van der Waals surface area contributed by atoms with Crippen LogP contribution in [0.1, 0.15) is 20.8 Å². The molecule has 0 saturated carbocycles. The summed E-state index contributed by atoms with van der Waals surface area (Å²) in [6.07, 6.45) is 0. The van der Waals surface area contributed by atoms with Crippen molar-refractivity contribution < 1.29 is 9.59 Å². The van der Waals surface area contributed by atoms with Crippen LogP contribution in [0.15, 0.2) is 30.3 Å². The van der Waals surface area contributed by atoms with Gasteiger partial charge in [0.05, 0.1) is 12.6 Å². The molecule has 0 aliphatic carbocycles. The molecule has 0 spiro atoms. The van der Waals surface area contributed by atoms with E-state index >= 15 is 0 Å². The van der Waals surface area contributed by atoms with Crippen molar-refractivity contribution in [3.05, 3.63) is 30.3 Å². The van der Waals surface area contributed by atoms with E-state index in [9.17, 15) is 9.59 Å². The van der Waals surface area contributed by atoms with Gasteiger partial charge in [-0.15, -0.1) is 12.4 Å². The van der Waals surface area contributed by atoms with E-state index in [-0.39, 0.29) is 36.2 Å². The highest BCUT2D eigenvalue weighted by Crippen LogP contribution is 2.16. The molecule has 1 aromatic carbocycles. The second kappa shape index (κ2) is 7.87. The zero-order valence-electron chi connectivity index (χ0n) is 12.0. The van der Waals surface area contributed by atoms with Gasteiger partial charge in [-0.1, -0.05) is 39.0 Å². The van der Waals surface area contributed by atoms with Gasteiger partial charge in [0.1, 0.15) is 0 Å². The Morgan fingerprint density at radius 1 is 1.20 bits per heavy atom. The largest absolute Gasteiger partial charge is 0.346 e. The van der Waals surface area contributed by atoms with Crippen LogP contribution in [0.5, 0.6) is 0 Å². The molecule has 4 N–H and O–H groups in total. The highest BCUT2D eigenvalue weighted by atomic mass is 35.5. The van der Waals surface area contributed by atoms with E-state index in [0.29, 0.717) is 5.69 Å². The molecule has 0 aliphatic heterocycles. The van der Waals surface area contributed by atoms with Crippen molar-refractivity contribution in [1.82, 2.24) is 5.32 Å². The molecule has 0 aliphatic rings. The monoisotopic (exact) mass is 299 g/mol. The van der Waals surface area contributed by atoms with Crippen molar-refractivity contribution >= 4 is 29.9 Å². The van der Waals surface area contributed by atoms with Gasteiger partial charge < -0.3 is 16.4 Å². The normalized spacial score (nSPS) is 12.0. The van der Waals surface area contributed by atoms with Crippen LogP contribution >= 0.6 is 12.4 Å². The molecule has 1 rings (SSSR count). The molecule has 5 nitrogen and oxygen atoms in total. The van der Waals surface area contributed by atoms with Gasteiger partial charge in [-0.05, 0) is 17.5 Å². The lowest BCUT2D eigenvalue weighted by Gasteiger charge is -2.25. The van der Waals surface area contributed by atoms with E-state index in [1.807, 2.05) is 39.0 Å². The number of nitrogens with two attached hydrogens (primary N) is 1. The maximum atomic E-state index is 11.7. The van der Waals surface area contributed by atoms with Gasteiger partial charge in [0.2, 0.25) is 11.8 Å². The van der Waals surface area contributed by atoms with Crippen LogP contribution in [0.25, 0.3) is 0 Å². The molecular weight excluding hydrogens is 278 g/mol. The fourth-order valence-corrected chi connectivity index (χ4v) is 1.40. The second-order valence-corrected chi connectivity index (χ2v) is 5.48. The number of para-hydroxylation sites is 1. The van der Waals surface area contributed by atoms with Crippen LogP contribution in [0.2, 0.25) is 0 Å². The third-order valence-corrected chi connectivity index (χ3v) is 2.70. The minimum atomic E-state index is -0.642. The van der Waals surface area contributed by atoms with E-state index in [1.165, 1.54) is 0 Å². The van der Waals surface area contributed by atoms with Crippen LogP contribution in [-0.2, 0) is 9.59 Å². The highest BCUT2D eigenvalue weighted by Gasteiger charge is 2.27. The highest BCUT2D eigenvalue weighted by molar-refractivity contribution is 5.95. The molecule has 0 saturated heterocycles. The average molecular weight is 300 g/mol. The topological polar surface area (TPSA) is 84.2 Å². The Kier molecular flexibility index (Phi) is 7.24. The number of nitrogens with one attached hydrogen (secondary N) is 2. The van der Waals surface area contributed by atoms with Gasteiger partial charge >= 0.3 is 0 Å². The van der Waals surface area contributed by atoms with E-state index in [4.69, 9.17) is 5.73 Å². The van der Waals surface area contributed by atoms with E-state index in [2.05, 4.69) is 10.6 Å². The minimum absolute atomic E-state index is 0. The molecule has 6 heteroatoms. The first kappa shape index (κ1) is 18.4. The Morgan fingerprint density at radius 3 is 2.25 bits per heavy atom. The van der Waals surface area contributed by atoms with Gasteiger partial charge in [0.25, 0.3) is 0 Å². The molecule has 0 unspecified atom stereocenters. The molecular formula is C14H22ClN3O2. The number of benzene rings is 1. The number of hydrogen-bond acceptors (Lipinski definition) is 3. The van der Waals surface area contributed by atoms with E-state index in [1.54, 1.807) is 12.1 Å². The summed E-state index contributed by atoms with van der Waals surface area (Å²) in [7, 11) is 0. The third-order valence-electron chi connectivity index (χ3n) is 2.70. The molecule has 2 amide bonds. The summed E-state index contributed by atoms with van der Waals surface area (Å²) < 4.78 is 0. The fourth-order valence-electron chi connectivity index (χ4n) is 1.40.